The molecule has 0 saturated heterocycles. The molecular formula is C54H37N5. The number of aromatic nitrogens is 4. The van der Waals surface area contributed by atoms with Gasteiger partial charge in [0.1, 0.15) is 11.6 Å². The highest BCUT2D eigenvalue weighted by molar-refractivity contribution is 6.23. The van der Waals surface area contributed by atoms with Crippen molar-refractivity contribution in [1.82, 2.24) is 18.7 Å². The average molecular weight is 756 g/mol. The third-order valence-corrected chi connectivity index (χ3v) is 12.0. The van der Waals surface area contributed by atoms with Gasteiger partial charge in [-0.1, -0.05) is 146 Å². The zero-order chi connectivity index (χ0) is 39.0. The number of fused-ring (bicyclic) bond motifs is 11. The van der Waals surface area contributed by atoms with Gasteiger partial charge in [0.25, 0.3) is 0 Å². The second-order valence-electron chi connectivity index (χ2n) is 15.2. The van der Waals surface area contributed by atoms with E-state index in [0.29, 0.717) is 0 Å². The van der Waals surface area contributed by atoms with E-state index in [0.717, 1.165) is 74.1 Å². The van der Waals surface area contributed by atoms with Gasteiger partial charge in [0, 0.05) is 43.9 Å². The molecule has 0 N–H and O–H groups in total. The Kier molecular flexibility index (Phi) is 7.38. The molecule has 5 heterocycles. The maximum absolute atomic E-state index is 5.67. The van der Waals surface area contributed by atoms with Crippen molar-refractivity contribution in [3.05, 3.63) is 218 Å². The first-order valence-electron chi connectivity index (χ1n) is 20.2. The highest BCUT2D eigenvalue weighted by Crippen LogP contribution is 2.44. The van der Waals surface area contributed by atoms with Gasteiger partial charge < -0.3 is 9.13 Å². The van der Waals surface area contributed by atoms with Crippen LogP contribution in [-0.4, -0.2) is 18.7 Å². The molecule has 0 amide bonds. The van der Waals surface area contributed by atoms with Gasteiger partial charge in [-0.2, -0.15) is 0 Å². The minimum atomic E-state index is 0.763. The van der Waals surface area contributed by atoms with E-state index in [9.17, 15) is 0 Å². The van der Waals surface area contributed by atoms with Crippen molar-refractivity contribution in [2.45, 2.75) is 6.42 Å². The molecule has 0 unspecified atom stereocenters. The number of hydrogen-bond acceptors (Lipinski definition) is 2. The zero-order valence-electron chi connectivity index (χ0n) is 32.2. The van der Waals surface area contributed by atoms with Gasteiger partial charge in [-0.3, -0.25) is 9.47 Å². The fourth-order valence-corrected chi connectivity index (χ4v) is 9.53. The van der Waals surface area contributed by atoms with Crippen molar-refractivity contribution >= 4 is 77.8 Å². The molecule has 1 aliphatic heterocycles. The first-order chi connectivity index (χ1) is 29.2. The number of para-hydroxylation sites is 6. The van der Waals surface area contributed by atoms with Crippen LogP contribution in [-0.2, 0) is 6.42 Å². The largest absolute Gasteiger partial charge is 0.307 e. The summed E-state index contributed by atoms with van der Waals surface area (Å²) in [4.78, 5) is 7.94. The molecule has 4 aromatic heterocycles. The second-order valence-corrected chi connectivity index (χ2v) is 15.2. The van der Waals surface area contributed by atoms with Crippen LogP contribution in [0.2, 0.25) is 0 Å². The summed E-state index contributed by atoms with van der Waals surface area (Å²) >= 11 is 0. The smallest absolute Gasteiger partial charge is 0.140 e. The third-order valence-electron chi connectivity index (χ3n) is 12.0. The SMILES string of the molecule is C=C1c2c(c3ccccc3n2-c2ccccc2)/C=C\Cc2ccccc2N1c1cccc(-n2c3ccccc3c3ccc4c5ccccc5n(-c5ccccc5)c4c32)n1. The Balaban J connectivity index is 1.15. The summed E-state index contributed by atoms with van der Waals surface area (Å²) in [5.41, 5.74) is 13.1. The van der Waals surface area contributed by atoms with Crippen LogP contribution in [0.3, 0.4) is 0 Å². The molecule has 0 saturated carbocycles. The van der Waals surface area contributed by atoms with Crippen molar-refractivity contribution in [1.29, 1.82) is 0 Å². The lowest BCUT2D eigenvalue weighted by molar-refractivity contribution is 1.04. The van der Waals surface area contributed by atoms with E-state index in [-0.39, 0.29) is 0 Å². The Labute approximate surface area is 341 Å². The molecule has 7 aromatic carbocycles. The summed E-state index contributed by atoms with van der Waals surface area (Å²) in [7, 11) is 0. The van der Waals surface area contributed by atoms with Crippen LogP contribution >= 0.6 is 0 Å². The lowest BCUT2D eigenvalue weighted by Gasteiger charge is -2.29. The second kappa shape index (κ2) is 13.1. The Morgan fingerprint density at radius 3 is 1.64 bits per heavy atom. The fourth-order valence-electron chi connectivity index (χ4n) is 9.53. The van der Waals surface area contributed by atoms with Crippen molar-refractivity contribution < 1.29 is 0 Å². The summed E-state index contributed by atoms with van der Waals surface area (Å²) in [5, 5.41) is 5.96. The average Bonchev–Trinajstić information content (AvgIpc) is 3.94. The number of hydrogen-bond donors (Lipinski definition) is 0. The molecule has 0 fully saturated rings. The van der Waals surface area contributed by atoms with Crippen molar-refractivity contribution in [3.8, 4) is 17.2 Å². The molecule has 0 aliphatic carbocycles. The molecule has 1 aliphatic rings. The van der Waals surface area contributed by atoms with Crippen LogP contribution in [0, 0.1) is 0 Å². The van der Waals surface area contributed by atoms with Gasteiger partial charge in [-0.05, 0) is 72.6 Å². The number of anilines is 2. The minimum Gasteiger partial charge on any atom is -0.307 e. The normalized spacial score (nSPS) is 13.5. The maximum Gasteiger partial charge on any atom is 0.140 e. The number of benzene rings is 7. The van der Waals surface area contributed by atoms with Crippen LogP contribution in [0.15, 0.2) is 201 Å². The summed E-state index contributed by atoms with van der Waals surface area (Å²) < 4.78 is 7.14. The van der Waals surface area contributed by atoms with Crippen LogP contribution in [0.1, 0.15) is 16.8 Å². The number of pyridine rings is 1. The molecule has 11 aromatic rings. The van der Waals surface area contributed by atoms with Crippen LogP contribution in [0.5, 0.6) is 0 Å². The first kappa shape index (κ1) is 33.3. The molecule has 0 atom stereocenters. The highest BCUT2D eigenvalue weighted by atomic mass is 15.2. The molecule has 278 valence electrons. The van der Waals surface area contributed by atoms with Crippen LogP contribution in [0.4, 0.5) is 11.5 Å². The molecule has 5 heteroatoms. The van der Waals surface area contributed by atoms with E-state index in [1.807, 2.05) is 0 Å². The number of allylic oxidation sites excluding steroid dienone is 1. The van der Waals surface area contributed by atoms with Crippen molar-refractivity contribution in [2.24, 2.45) is 0 Å². The van der Waals surface area contributed by atoms with Gasteiger partial charge in [0.05, 0.1) is 44.7 Å². The van der Waals surface area contributed by atoms with E-state index >= 15 is 0 Å². The monoisotopic (exact) mass is 755 g/mol. The van der Waals surface area contributed by atoms with Crippen LogP contribution in [0.25, 0.3) is 83.5 Å². The molecule has 12 rings (SSSR count). The summed E-state index contributed by atoms with van der Waals surface area (Å²) in [5.74, 6) is 1.62. The van der Waals surface area contributed by atoms with E-state index < -0.39 is 0 Å². The standard InChI is InChI=1S/C54H37N5/c1-36-52-43(40-24-9-13-29-47(40)57(52)38-20-4-2-5-21-38)27-16-19-37-18-8-12-28-46(37)56(36)50-32-17-33-51(55-50)59-49-31-15-11-26-42(49)45-35-34-44-41-25-10-14-30-48(41)58(53(44)54(45)59)39-22-6-3-7-23-39/h2-18,20-35H,1,19H2/b27-16-. The van der Waals surface area contributed by atoms with Crippen molar-refractivity contribution in [3.63, 3.8) is 0 Å². The van der Waals surface area contributed by atoms with E-state index in [1.54, 1.807) is 0 Å². The number of nitrogens with zero attached hydrogens (tertiary/aromatic N) is 5. The summed E-state index contributed by atoms with van der Waals surface area (Å²) in [6, 6.07) is 67.1. The minimum absolute atomic E-state index is 0.763. The fraction of sp³-hybridized carbons (Fsp3) is 0.0185. The Morgan fingerprint density at radius 2 is 0.949 bits per heavy atom. The van der Waals surface area contributed by atoms with Gasteiger partial charge in [-0.25, -0.2) is 4.98 Å². The predicted octanol–water partition coefficient (Wildman–Crippen LogP) is 13.6. The molecular weight excluding hydrogens is 719 g/mol. The lowest BCUT2D eigenvalue weighted by atomic mass is 10.1. The van der Waals surface area contributed by atoms with Gasteiger partial charge >= 0.3 is 0 Å². The van der Waals surface area contributed by atoms with Crippen LogP contribution < -0.4 is 4.90 Å². The van der Waals surface area contributed by atoms with E-state index in [4.69, 9.17) is 11.6 Å². The molecule has 0 radical (unpaired) electrons. The molecule has 5 nitrogen and oxygen atoms in total. The zero-order valence-corrected chi connectivity index (χ0v) is 32.2. The highest BCUT2D eigenvalue weighted by Gasteiger charge is 2.28. The molecule has 0 spiro atoms. The Hall–Kier alpha value is -7.89. The van der Waals surface area contributed by atoms with Gasteiger partial charge in [0.15, 0.2) is 0 Å². The first-order valence-corrected chi connectivity index (χ1v) is 20.2. The van der Waals surface area contributed by atoms with E-state index in [2.05, 4.69) is 219 Å². The lowest BCUT2D eigenvalue weighted by Crippen LogP contribution is -2.20. The Morgan fingerprint density at radius 1 is 0.424 bits per heavy atom. The summed E-state index contributed by atoms with van der Waals surface area (Å²) in [6.45, 7) is 4.96. The topological polar surface area (TPSA) is 30.9 Å². The van der Waals surface area contributed by atoms with Gasteiger partial charge in [0.2, 0.25) is 0 Å². The van der Waals surface area contributed by atoms with Crippen molar-refractivity contribution in [2.75, 3.05) is 4.90 Å². The predicted molar refractivity (Wildman–Crippen MR) is 247 cm³/mol. The summed E-state index contributed by atoms with van der Waals surface area (Å²) in [6.07, 6.45) is 5.33. The Bertz CT molecular complexity index is 3490. The van der Waals surface area contributed by atoms with E-state index in [1.165, 1.54) is 38.0 Å². The maximum atomic E-state index is 5.67. The van der Waals surface area contributed by atoms with Gasteiger partial charge in [-0.15, -0.1) is 0 Å². The quantitative estimate of drug-likeness (QED) is 0.179. The third kappa shape index (κ3) is 4.95. The molecule has 59 heavy (non-hydrogen) atoms. The molecule has 0 bridgehead atoms. The number of rotatable bonds is 4.